The number of hydrogen-bond acceptors (Lipinski definition) is 3. The molecule has 2 nitrogen and oxygen atoms in total. The minimum Gasteiger partial charge on any atom is -0.383 e. The first kappa shape index (κ1) is 13.0. The lowest BCUT2D eigenvalue weighted by Gasteiger charge is -2.20. The van der Waals surface area contributed by atoms with Crippen LogP contribution in [0.4, 0.5) is 0 Å². The van der Waals surface area contributed by atoms with E-state index in [2.05, 4.69) is 25.2 Å². The predicted octanol–water partition coefficient (Wildman–Crippen LogP) is 3.48. The maximum Gasteiger partial charge on any atom is 0.0931 e. The topological polar surface area (TPSA) is 21.3 Å². The van der Waals surface area contributed by atoms with Crippen LogP contribution in [0.25, 0.3) is 0 Å². The number of ether oxygens (including phenoxy) is 1. The highest BCUT2D eigenvalue weighted by Crippen LogP contribution is 2.28. The molecule has 1 aromatic heterocycles. The zero-order valence-electron chi connectivity index (χ0n) is 9.42. The van der Waals surface area contributed by atoms with Gasteiger partial charge in [-0.1, -0.05) is 18.5 Å². The van der Waals surface area contributed by atoms with Crippen LogP contribution in [0.15, 0.2) is 12.1 Å². The standard InChI is InChI=1S/C11H18ClNOS/c1-4-9(13-8(2)7-14-3)10-5-6-11(12)15-10/h5-6,8-9,13H,4,7H2,1-3H3. The van der Waals surface area contributed by atoms with Crippen LogP contribution < -0.4 is 5.32 Å². The van der Waals surface area contributed by atoms with Crippen LogP contribution >= 0.6 is 22.9 Å². The first-order chi connectivity index (χ1) is 7.17. The third-order valence-electron chi connectivity index (χ3n) is 2.25. The molecule has 1 heterocycles. The van der Waals surface area contributed by atoms with Crippen molar-refractivity contribution in [2.75, 3.05) is 13.7 Å². The summed E-state index contributed by atoms with van der Waals surface area (Å²) in [6.07, 6.45) is 1.06. The number of nitrogens with one attached hydrogen (secondary N) is 1. The number of methoxy groups -OCH3 is 1. The molecule has 0 aliphatic heterocycles. The van der Waals surface area contributed by atoms with Gasteiger partial charge in [0.15, 0.2) is 0 Å². The third kappa shape index (κ3) is 4.11. The highest BCUT2D eigenvalue weighted by molar-refractivity contribution is 7.16. The van der Waals surface area contributed by atoms with Crippen molar-refractivity contribution in [1.82, 2.24) is 5.32 Å². The Bertz CT molecular complexity index is 290. The van der Waals surface area contributed by atoms with E-state index in [0.29, 0.717) is 12.1 Å². The summed E-state index contributed by atoms with van der Waals surface area (Å²) >= 11 is 7.57. The molecule has 0 amide bonds. The Balaban J connectivity index is 2.56. The summed E-state index contributed by atoms with van der Waals surface area (Å²) in [7, 11) is 1.72. The van der Waals surface area contributed by atoms with Gasteiger partial charge in [-0.2, -0.15) is 0 Å². The van der Waals surface area contributed by atoms with E-state index < -0.39 is 0 Å². The molecule has 0 fully saturated rings. The van der Waals surface area contributed by atoms with Gasteiger partial charge in [0.05, 0.1) is 10.9 Å². The fraction of sp³-hybridized carbons (Fsp3) is 0.636. The second-order valence-corrected chi connectivity index (χ2v) is 5.37. The summed E-state index contributed by atoms with van der Waals surface area (Å²) in [6, 6.07) is 4.79. The second kappa shape index (κ2) is 6.48. The fourth-order valence-corrected chi connectivity index (χ4v) is 2.76. The van der Waals surface area contributed by atoms with Crippen LogP contribution in [0.2, 0.25) is 4.34 Å². The van der Waals surface area contributed by atoms with E-state index in [1.807, 2.05) is 6.07 Å². The summed E-state index contributed by atoms with van der Waals surface area (Å²) < 4.78 is 5.96. The molecule has 0 saturated carbocycles. The Morgan fingerprint density at radius 2 is 2.27 bits per heavy atom. The number of halogens is 1. The van der Waals surface area contributed by atoms with Crippen LogP contribution in [0.3, 0.4) is 0 Å². The molecule has 4 heteroatoms. The van der Waals surface area contributed by atoms with Gasteiger partial charge in [-0.3, -0.25) is 0 Å². The minimum atomic E-state index is 0.362. The lowest BCUT2D eigenvalue weighted by Crippen LogP contribution is -2.33. The van der Waals surface area contributed by atoms with Crippen LogP contribution in [0.1, 0.15) is 31.2 Å². The van der Waals surface area contributed by atoms with Crippen molar-refractivity contribution in [3.63, 3.8) is 0 Å². The maximum absolute atomic E-state index is 5.93. The van der Waals surface area contributed by atoms with E-state index in [1.165, 1.54) is 4.88 Å². The summed E-state index contributed by atoms with van der Waals surface area (Å²) in [4.78, 5) is 1.30. The molecular formula is C11H18ClNOS. The largest absolute Gasteiger partial charge is 0.383 e. The highest BCUT2D eigenvalue weighted by atomic mass is 35.5. The lowest BCUT2D eigenvalue weighted by molar-refractivity contribution is 0.166. The summed E-state index contributed by atoms with van der Waals surface area (Å²) in [5.74, 6) is 0. The predicted molar refractivity (Wildman–Crippen MR) is 66.8 cm³/mol. The lowest BCUT2D eigenvalue weighted by atomic mass is 10.1. The van der Waals surface area contributed by atoms with Gasteiger partial charge in [0, 0.05) is 24.1 Å². The molecule has 0 aliphatic carbocycles. The van der Waals surface area contributed by atoms with Crippen LogP contribution in [-0.2, 0) is 4.74 Å². The van der Waals surface area contributed by atoms with E-state index in [-0.39, 0.29) is 0 Å². The third-order valence-corrected chi connectivity index (χ3v) is 3.59. The molecule has 2 unspecified atom stereocenters. The van der Waals surface area contributed by atoms with Crippen molar-refractivity contribution in [2.24, 2.45) is 0 Å². The first-order valence-electron chi connectivity index (χ1n) is 5.17. The molecule has 0 aliphatic rings. The zero-order valence-corrected chi connectivity index (χ0v) is 11.0. The molecule has 1 aromatic rings. The van der Waals surface area contributed by atoms with Gasteiger partial charge in [0.25, 0.3) is 0 Å². The molecule has 0 bridgehead atoms. The van der Waals surface area contributed by atoms with E-state index in [9.17, 15) is 0 Å². The van der Waals surface area contributed by atoms with E-state index in [0.717, 1.165) is 17.4 Å². The van der Waals surface area contributed by atoms with Crippen molar-refractivity contribution < 1.29 is 4.74 Å². The van der Waals surface area contributed by atoms with Gasteiger partial charge in [-0.05, 0) is 25.5 Å². The molecule has 0 aromatic carbocycles. The molecular weight excluding hydrogens is 230 g/mol. The van der Waals surface area contributed by atoms with Crippen molar-refractivity contribution in [3.05, 3.63) is 21.3 Å². The first-order valence-corrected chi connectivity index (χ1v) is 6.37. The van der Waals surface area contributed by atoms with Crippen molar-refractivity contribution in [1.29, 1.82) is 0 Å². The molecule has 2 atom stereocenters. The van der Waals surface area contributed by atoms with Crippen LogP contribution in [0.5, 0.6) is 0 Å². The van der Waals surface area contributed by atoms with Gasteiger partial charge in [-0.25, -0.2) is 0 Å². The van der Waals surface area contributed by atoms with Gasteiger partial charge in [0.1, 0.15) is 0 Å². The summed E-state index contributed by atoms with van der Waals surface area (Å²) in [5, 5.41) is 3.52. The van der Waals surface area contributed by atoms with E-state index in [1.54, 1.807) is 18.4 Å². The second-order valence-electron chi connectivity index (χ2n) is 3.63. The Kier molecular flexibility index (Phi) is 5.61. The van der Waals surface area contributed by atoms with Crippen molar-refractivity contribution >= 4 is 22.9 Å². The SMILES string of the molecule is CCC(NC(C)COC)c1ccc(Cl)s1. The normalized spacial score (nSPS) is 15.2. The van der Waals surface area contributed by atoms with E-state index >= 15 is 0 Å². The van der Waals surface area contributed by atoms with Gasteiger partial charge >= 0.3 is 0 Å². The summed E-state index contributed by atoms with van der Waals surface area (Å²) in [6.45, 7) is 5.03. The zero-order chi connectivity index (χ0) is 11.3. The Labute approximate surface area is 101 Å². The van der Waals surface area contributed by atoms with Crippen molar-refractivity contribution in [3.8, 4) is 0 Å². The van der Waals surface area contributed by atoms with Crippen LogP contribution in [0, 0.1) is 0 Å². The molecule has 0 radical (unpaired) electrons. The average Bonchev–Trinajstić information content (AvgIpc) is 2.61. The quantitative estimate of drug-likeness (QED) is 0.831. The van der Waals surface area contributed by atoms with Gasteiger partial charge in [0.2, 0.25) is 0 Å². The number of rotatable bonds is 6. The molecule has 0 saturated heterocycles. The molecule has 86 valence electrons. The highest BCUT2D eigenvalue weighted by Gasteiger charge is 2.13. The monoisotopic (exact) mass is 247 g/mol. The average molecular weight is 248 g/mol. The van der Waals surface area contributed by atoms with Crippen LogP contribution in [-0.4, -0.2) is 19.8 Å². The molecule has 1 rings (SSSR count). The minimum absolute atomic E-state index is 0.362. The molecule has 15 heavy (non-hydrogen) atoms. The number of hydrogen-bond donors (Lipinski definition) is 1. The Hall–Kier alpha value is -0.0900. The smallest absolute Gasteiger partial charge is 0.0931 e. The maximum atomic E-state index is 5.93. The Morgan fingerprint density at radius 1 is 1.53 bits per heavy atom. The van der Waals surface area contributed by atoms with Crippen molar-refractivity contribution in [2.45, 2.75) is 32.4 Å². The summed E-state index contributed by atoms with van der Waals surface area (Å²) in [5.41, 5.74) is 0. The fourth-order valence-electron chi connectivity index (χ4n) is 1.56. The number of thiophene rings is 1. The Morgan fingerprint density at radius 3 is 2.73 bits per heavy atom. The van der Waals surface area contributed by atoms with E-state index in [4.69, 9.17) is 16.3 Å². The van der Waals surface area contributed by atoms with Gasteiger partial charge in [-0.15, -0.1) is 11.3 Å². The molecule has 0 spiro atoms. The molecule has 1 N–H and O–H groups in total. The van der Waals surface area contributed by atoms with Gasteiger partial charge < -0.3 is 10.1 Å².